The normalized spacial score (nSPS) is 12.0. The Bertz CT molecular complexity index is 695. The van der Waals surface area contributed by atoms with Gasteiger partial charge in [-0.25, -0.2) is 0 Å². The van der Waals surface area contributed by atoms with Crippen molar-refractivity contribution in [3.8, 4) is 17.6 Å². The molecule has 5 heteroatoms. The van der Waals surface area contributed by atoms with Gasteiger partial charge >= 0.3 is 0 Å². The van der Waals surface area contributed by atoms with Crippen molar-refractivity contribution in [3.63, 3.8) is 0 Å². The summed E-state index contributed by atoms with van der Waals surface area (Å²) in [7, 11) is 0. The lowest BCUT2D eigenvalue weighted by atomic mass is 10.1. The van der Waals surface area contributed by atoms with Crippen LogP contribution in [-0.4, -0.2) is 6.79 Å². The number of nitrogens with zero attached hydrogens (tertiary/aromatic N) is 1. The lowest BCUT2D eigenvalue weighted by Crippen LogP contribution is -2.01. The van der Waals surface area contributed by atoms with Crippen LogP contribution in [0, 0.1) is 11.3 Å². The van der Waals surface area contributed by atoms with Gasteiger partial charge in [-0.2, -0.15) is 5.26 Å². The van der Waals surface area contributed by atoms with Crippen LogP contribution in [0.25, 0.3) is 0 Å². The van der Waals surface area contributed by atoms with Gasteiger partial charge in [0.2, 0.25) is 6.79 Å². The second-order valence-corrected chi connectivity index (χ2v) is 4.72. The first-order chi connectivity index (χ1) is 9.78. The Morgan fingerprint density at radius 1 is 1.20 bits per heavy atom. The predicted octanol–water partition coefficient (Wildman–Crippen LogP) is 3.55. The Kier molecular flexibility index (Phi) is 3.36. The molecule has 3 rings (SSSR count). The standard InChI is InChI=1S/C15H11ClN2O2/c16-12-2-1-3-13(11(12)7-17)18-8-10-4-5-14-15(6-10)20-9-19-14/h1-6,18H,8-9H2. The van der Waals surface area contributed by atoms with Crippen molar-refractivity contribution in [3.05, 3.63) is 52.5 Å². The number of nitriles is 1. The molecule has 0 atom stereocenters. The summed E-state index contributed by atoms with van der Waals surface area (Å²) in [6.45, 7) is 0.838. The molecule has 2 aromatic rings. The van der Waals surface area contributed by atoms with Crippen molar-refractivity contribution in [2.75, 3.05) is 12.1 Å². The number of nitrogens with one attached hydrogen (secondary N) is 1. The third kappa shape index (κ3) is 2.36. The van der Waals surface area contributed by atoms with E-state index in [1.807, 2.05) is 30.3 Å². The minimum atomic E-state index is 0.263. The molecule has 20 heavy (non-hydrogen) atoms. The van der Waals surface area contributed by atoms with Crippen molar-refractivity contribution < 1.29 is 9.47 Å². The quantitative estimate of drug-likeness (QED) is 0.937. The van der Waals surface area contributed by atoms with Gasteiger partial charge in [0.05, 0.1) is 16.3 Å². The first-order valence-electron chi connectivity index (χ1n) is 6.09. The summed E-state index contributed by atoms with van der Waals surface area (Å²) in [5, 5.41) is 12.8. The number of hydrogen-bond donors (Lipinski definition) is 1. The molecule has 0 spiro atoms. The summed E-state index contributed by atoms with van der Waals surface area (Å²) in [4.78, 5) is 0. The smallest absolute Gasteiger partial charge is 0.231 e. The molecule has 1 aliphatic heterocycles. The molecule has 4 nitrogen and oxygen atoms in total. The van der Waals surface area contributed by atoms with Crippen LogP contribution in [0.4, 0.5) is 5.69 Å². The zero-order chi connectivity index (χ0) is 13.9. The Labute approximate surface area is 121 Å². The van der Waals surface area contributed by atoms with E-state index in [2.05, 4.69) is 11.4 Å². The van der Waals surface area contributed by atoms with Gasteiger partial charge in [-0.15, -0.1) is 0 Å². The molecule has 2 aromatic carbocycles. The average molecular weight is 287 g/mol. The molecule has 0 radical (unpaired) electrons. The Morgan fingerprint density at radius 2 is 2.05 bits per heavy atom. The lowest BCUT2D eigenvalue weighted by Gasteiger charge is -2.09. The summed E-state index contributed by atoms with van der Waals surface area (Å²) in [6.07, 6.45) is 0. The van der Waals surface area contributed by atoms with E-state index in [0.29, 0.717) is 17.1 Å². The van der Waals surface area contributed by atoms with Crippen LogP contribution in [0.5, 0.6) is 11.5 Å². The minimum Gasteiger partial charge on any atom is -0.454 e. The second-order valence-electron chi connectivity index (χ2n) is 4.32. The van der Waals surface area contributed by atoms with Gasteiger partial charge in [-0.3, -0.25) is 0 Å². The number of halogens is 1. The van der Waals surface area contributed by atoms with Crippen LogP contribution in [0.2, 0.25) is 5.02 Å². The summed E-state index contributed by atoms with van der Waals surface area (Å²) >= 11 is 5.99. The monoisotopic (exact) mass is 286 g/mol. The number of anilines is 1. The number of fused-ring (bicyclic) bond motifs is 1. The SMILES string of the molecule is N#Cc1c(Cl)cccc1NCc1ccc2c(c1)OCO2. The molecular formula is C15H11ClN2O2. The summed E-state index contributed by atoms with van der Waals surface area (Å²) in [5.41, 5.74) is 2.21. The molecule has 0 aliphatic carbocycles. The van der Waals surface area contributed by atoms with Crippen molar-refractivity contribution >= 4 is 17.3 Å². The van der Waals surface area contributed by atoms with Gasteiger partial charge in [0.25, 0.3) is 0 Å². The van der Waals surface area contributed by atoms with Crippen LogP contribution >= 0.6 is 11.6 Å². The first kappa shape index (κ1) is 12.6. The van der Waals surface area contributed by atoms with Crippen molar-refractivity contribution in [1.29, 1.82) is 5.26 Å². The van der Waals surface area contributed by atoms with E-state index in [-0.39, 0.29) is 6.79 Å². The highest BCUT2D eigenvalue weighted by atomic mass is 35.5. The molecule has 0 saturated carbocycles. The van der Waals surface area contributed by atoms with Gasteiger partial charge in [0.15, 0.2) is 11.5 Å². The molecule has 0 amide bonds. The van der Waals surface area contributed by atoms with Gasteiger partial charge < -0.3 is 14.8 Å². The van der Waals surface area contributed by atoms with E-state index in [1.54, 1.807) is 6.07 Å². The van der Waals surface area contributed by atoms with Crippen LogP contribution in [0.3, 0.4) is 0 Å². The van der Waals surface area contributed by atoms with Crippen molar-refractivity contribution in [1.82, 2.24) is 0 Å². The molecule has 1 aliphatic rings. The highest BCUT2D eigenvalue weighted by molar-refractivity contribution is 6.32. The highest BCUT2D eigenvalue weighted by Crippen LogP contribution is 2.33. The maximum atomic E-state index is 9.11. The van der Waals surface area contributed by atoms with E-state index in [4.69, 9.17) is 26.3 Å². The van der Waals surface area contributed by atoms with E-state index >= 15 is 0 Å². The predicted molar refractivity (Wildman–Crippen MR) is 76.1 cm³/mol. The summed E-state index contributed by atoms with van der Waals surface area (Å²) in [5.74, 6) is 1.50. The van der Waals surface area contributed by atoms with E-state index in [0.717, 1.165) is 22.7 Å². The van der Waals surface area contributed by atoms with Crippen LogP contribution < -0.4 is 14.8 Å². The van der Waals surface area contributed by atoms with Crippen molar-refractivity contribution in [2.45, 2.75) is 6.54 Å². The number of rotatable bonds is 3. The lowest BCUT2D eigenvalue weighted by molar-refractivity contribution is 0.174. The third-order valence-corrected chi connectivity index (χ3v) is 3.36. The number of benzene rings is 2. The summed E-state index contributed by atoms with van der Waals surface area (Å²) < 4.78 is 10.6. The average Bonchev–Trinajstić information content (AvgIpc) is 2.92. The van der Waals surface area contributed by atoms with Gasteiger partial charge in [0, 0.05) is 6.54 Å². The highest BCUT2D eigenvalue weighted by Gasteiger charge is 2.13. The van der Waals surface area contributed by atoms with Crippen LogP contribution in [0.1, 0.15) is 11.1 Å². The first-order valence-corrected chi connectivity index (χ1v) is 6.47. The minimum absolute atomic E-state index is 0.263. The topological polar surface area (TPSA) is 54.3 Å². The molecular weight excluding hydrogens is 276 g/mol. The van der Waals surface area contributed by atoms with Crippen LogP contribution in [0.15, 0.2) is 36.4 Å². The molecule has 0 bridgehead atoms. The molecule has 100 valence electrons. The zero-order valence-electron chi connectivity index (χ0n) is 10.5. The van der Waals surface area contributed by atoms with E-state index < -0.39 is 0 Å². The van der Waals surface area contributed by atoms with E-state index in [9.17, 15) is 0 Å². The van der Waals surface area contributed by atoms with E-state index in [1.165, 1.54) is 0 Å². The maximum absolute atomic E-state index is 9.11. The number of ether oxygens (including phenoxy) is 2. The second kappa shape index (κ2) is 5.32. The van der Waals surface area contributed by atoms with Gasteiger partial charge in [0.1, 0.15) is 6.07 Å². The largest absolute Gasteiger partial charge is 0.454 e. The van der Waals surface area contributed by atoms with Crippen molar-refractivity contribution in [2.24, 2.45) is 0 Å². The molecule has 0 fully saturated rings. The van der Waals surface area contributed by atoms with Gasteiger partial charge in [-0.1, -0.05) is 23.7 Å². The molecule has 1 heterocycles. The fourth-order valence-electron chi connectivity index (χ4n) is 2.03. The van der Waals surface area contributed by atoms with Gasteiger partial charge in [-0.05, 0) is 29.8 Å². The molecule has 0 aromatic heterocycles. The summed E-state index contributed by atoms with van der Waals surface area (Å²) in [6, 6.07) is 13.2. The fourth-order valence-corrected chi connectivity index (χ4v) is 2.25. The molecule has 0 saturated heterocycles. The third-order valence-electron chi connectivity index (χ3n) is 3.05. The zero-order valence-corrected chi connectivity index (χ0v) is 11.3. The maximum Gasteiger partial charge on any atom is 0.231 e. The number of hydrogen-bond acceptors (Lipinski definition) is 4. The Hall–Kier alpha value is -2.38. The van der Waals surface area contributed by atoms with Crippen LogP contribution in [-0.2, 0) is 6.54 Å². The Balaban J connectivity index is 1.77. The molecule has 0 unspecified atom stereocenters. The Morgan fingerprint density at radius 3 is 2.90 bits per heavy atom. The molecule has 1 N–H and O–H groups in total. The fraction of sp³-hybridized carbons (Fsp3) is 0.133.